The highest BCUT2D eigenvalue weighted by atomic mass is 16.1. The van der Waals surface area contributed by atoms with Crippen molar-refractivity contribution in [1.82, 2.24) is 9.97 Å². The van der Waals surface area contributed by atoms with E-state index in [0.29, 0.717) is 11.5 Å². The van der Waals surface area contributed by atoms with E-state index >= 15 is 0 Å². The van der Waals surface area contributed by atoms with Gasteiger partial charge in [0.1, 0.15) is 0 Å². The van der Waals surface area contributed by atoms with Crippen LogP contribution in [0.15, 0.2) is 24.3 Å². The van der Waals surface area contributed by atoms with Gasteiger partial charge in [0.25, 0.3) is 5.91 Å². The maximum absolute atomic E-state index is 12.2. The largest absolute Gasteiger partial charge is 0.384 e. The van der Waals surface area contributed by atoms with Gasteiger partial charge in [-0.2, -0.15) is 0 Å². The van der Waals surface area contributed by atoms with Gasteiger partial charge in [-0.25, -0.2) is 9.97 Å². The van der Waals surface area contributed by atoms with Gasteiger partial charge in [0.2, 0.25) is 5.95 Å². The van der Waals surface area contributed by atoms with Crippen molar-refractivity contribution in [2.24, 2.45) is 0 Å². The van der Waals surface area contributed by atoms with Crippen LogP contribution in [0.2, 0.25) is 0 Å². The molecule has 0 fully saturated rings. The lowest BCUT2D eigenvalue weighted by atomic mass is 10.1. The predicted octanol–water partition coefficient (Wildman–Crippen LogP) is 2.31. The van der Waals surface area contributed by atoms with Crippen LogP contribution in [0.25, 0.3) is 0 Å². The lowest BCUT2D eigenvalue weighted by molar-refractivity contribution is 0.102. The molecule has 0 spiro atoms. The summed E-state index contributed by atoms with van der Waals surface area (Å²) in [6.07, 6.45) is 0.955. The Morgan fingerprint density at radius 1 is 1.20 bits per heavy atom. The Labute approximate surface area is 117 Å². The first-order valence-electron chi connectivity index (χ1n) is 6.62. The van der Waals surface area contributed by atoms with E-state index < -0.39 is 0 Å². The summed E-state index contributed by atoms with van der Waals surface area (Å²) in [5.41, 5.74) is 4.61. The molecule has 0 bridgehead atoms. The number of nitrogens with zero attached hydrogens (tertiary/aromatic N) is 2. The summed E-state index contributed by atoms with van der Waals surface area (Å²) >= 11 is 0. The van der Waals surface area contributed by atoms with Gasteiger partial charge < -0.3 is 5.32 Å². The van der Waals surface area contributed by atoms with Gasteiger partial charge in [0.15, 0.2) is 0 Å². The molecule has 1 aliphatic heterocycles. The van der Waals surface area contributed by atoms with Crippen LogP contribution in [-0.4, -0.2) is 22.4 Å². The second-order valence-electron chi connectivity index (χ2n) is 4.98. The number of aromatic nitrogens is 2. The number of anilines is 2. The molecule has 0 saturated carbocycles. The molecular formula is C15H16N4O. The molecule has 1 aliphatic rings. The molecule has 2 N–H and O–H groups in total. The zero-order valence-corrected chi connectivity index (χ0v) is 11.5. The topological polar surface area (TPSA) is 66.9 Å². The van der Waals surface area contributed by atoms with Crippen molar-refractivity contribution in [2.45, 2.75) is 20.3 Å². The van der Waals surface area contributed by atoms with Crippen molar-refractivity contribution in [3.8, 4) is 0 Å². The minimum absolute atomic E-state index is 0.176. The third-order valence-electron chi connectivity index (χ3n) is 3.28. The van der Waals surface area contributed by atoms with Gasteiger partial charge in [-0.15, -0.1) is 0 Å². The van der Waals surface area contributed by atoms with Crippen LogP contribution in [0.5, 0.6) is 0 Å². The molecule has 0 unspecified atom stereocenters. The molecule has 20 heavy (non-hydrogen) atoms. The highest BCUT2D eigenvalue weighted by Gasteiger charge is 2.14. The number of carbonyl (C=O) groups excluding carboxylic acids is 1. The number of carbonyl (C=O) groups is 1. The van der Waals surface area contributed by atoms with E-state index in [1.54, 1.807) is 0 Å². The molecule has 2 heterocycles. The van der Waals surface area contributed by atoms with Gasteiger partial charge in [-0.3, -0.25) is 10.1 Å². The molecule has 3 rings (SSSR count). The van der Waals surface area contributed by atoms with Crippen molar-refractivity contribution >= 4 is 17.5 Å². The fourth-order valence-electron chi connectivity index (χ4n) is 2.40. The van der Waals surface area contributed by atoms with E-state index in [1.807, 2.05) is 38.1 Å². The summed E-state index contributed by atoms with van der Waals surface area (Å²) in [7, 11) is 0. The molecule has 1 aromatic carbocycles. The first kappa shape index (κ1) is 12.6. The first-order chi connectivity index (χ1) is 9.61. The minimum Gasteiger partial charge on any atom is -0.384 e. The molecule has 5 nitrogen and oxygen atoms in total. The standard InChI is InChI=1S/C15H16N4O/c1-9-7-10(2)18-15(17-9)19-14(20)12-3-4-13-11(8-12)5-6-16-13/h3-4,7-8,16H,5-6H2,1-2H3,(H,17,18,19,20). The molecule has 0 radical (unpaired) electrons. The van der Waals surface area contributed by atoms with E-state index in [0.717, 1.165) is 30.0 Å². The summed E-state index contributed by atoms with van der Waals surface area (Å²) in [5, 5.41) is 6.02. The summed E-state index contributed by atoms with van der Waals surface area (Å²) < 4.78 is 0. The summed E-state index contributed by atoms with van der Waals surface area (Å²) in [5.74, 6) is 0.177. The third kappa shape index (κ3) is 2.47. The van der Waals surface area contributed by atoms with Gasteiger partial charge in [0.05, 0.1) is 0 Å². The number of amides is 1. The van der Waals surface area contributed by atoms with Crippen LogP contribution in [0.1, 0.15) is 27.3 Å². The van der Waals surface area contributed by atoms with Gasteiger partial charge in [0, 0.05) is 29.2 Å². The lowest BCUT2D eigenvalue weighted by Crippen LogP contribution is -2.15. The average Bonchev–Trinajstić information content (AvgIpc) is 2.84. The Morgan fingerprint density at radius 2 is 1.95 bits per heavy atom. The van der Waals surface area contributed by atoms with Crippen molar-refractivity contribution in [3.63, 3.8) is 0 Å². The number of aryl methyl sites for hydroxylation is 2. The Balaban J connectivity index is 1.82. The molecule has 5 heteroatoms. The van der Waals surface area contributed by atoms with Gasteiger partial charge in [-0.1, -0.05) is 0 Å². The van der Waals surface area contributed by atoms with Crippen LogP contribution in [0.4, 0.5) is 11.6 Å². The van der Waals surface area contributed by atoms with Crippen LogP contribution < -0.4 is 10.6 Å². The third-order valence-corrected chi connectivity index (χ3v) is 3.28. The second kappa shape index (κ2) is 4.92. The van der Waals surface area contributed by atoms with E-state index in [1.165, 1.54) is 5.56 Å². The Morgan fingerprint density at radius 3 is 2.70 bits per heavy atom. The number of rotatable bonds is 2. The average molecular weight is 268 g/mol. The maximum atomic E-state index is 12.2. The fourth-order valence-corrected chi connectivity index (χ4v) is 2.40. The van der Waals surface area contributed by atoms with Crippen LogP contribution in [-0.2, 0) is 6.42 Å². The molecule has 0 saturated heterocycles. The van der Waals surface area contributed by atoms with E-state index in [2.05, 4.69) is 20.6 Å². The normalized spacial score (nSPS) is 12.7. The predicted molar refractivity (Wildman–Crippen MR) is 78.1 cm³/mol. The van der Waals surface area contributed by atoms with Crippen molar-refractivity contribution in [1.29, 1.82) is 0 Å². The molecule has 102 valence electrons. The van der Waals surface area contributed by atoms with E-state index in [9.17, 15) is 4.79 Å². The van der Waals surface area contributed by atoms with E-state index in [4.69, 9.17) is 0 Å². The van der Waals surface area contributed by atoms with E-state index in [-0.39, 0.29) is 5.91 Å². The van der Waals surface area contributed by atoms with Crippen molar-refractivity contribution < 1.29 is 4.79 Å². The highest BCUT2D eigenvalue weighted by molar-refractivity contribution is 6.03. The first-order valence-corrected chi connectivity index (χ1v) is 6.62. The summed E-state index contributed by atoms with van der Waals surface area (Å²) in [6.45, 7) is 4.69. The summed E-state index contributed by atoms with van der Waals surface area (Å²) in [6, 6.07) is 7.55. The molecule has 0 aliphatic carbocycles. The molecule has 1 aromatic heterocycles. The Hall–Kier alpha value is -2.43. The SMILES string of the molecule is Cc1cc(C)nc(NC(=O)c2ccc3c(c2)CCN3)n1. The number of nitrogens with one attached hydrogen (secondary N) is 2. The number of hydrogen-bond acceptors (Lipinski definition) is 4. The smallest absolute Gasteiger partial charge is 0.258 e. The van der Waals surface area contributed by atoms with Crippen molar-refractivity contribution in [2.75, 3.05) is 17.2 Å². The second-order valence-corrected chi connectivity index (χ2v) is 4.98. The highest BCUT2D eigenvalue weighted by Crippen LogP contribution is 2.23. The monoisotopic (exact) mass is 268 g/mol. The van der Waals surface area contributed by atoms with Gasteiger partial charge >= 0.3 is 0 Å². The zero-order valence-electron chi connectivity index (χ0n) is 11.5. The fraction of sp³-hybridized carbons (Fsp3) is 0.267. The minimum atomic E-state index is -0.176. The van der Waals surface area contributed by atoms with Gasteiger partial charge in [-0.05, 0) is 50.1 Å². The van der Waals surface area contributed by atoms with Crippen LogP contribution >= 0.6 is 0 Å². The molecule has 0 atom stereocenters. The lowest BCUT2D eigenvalue weighted by Gasteiger charge is -2.07. The quantitative estimate of drug-likeness (QED) is 0.877. The van der Waals surface area contributed by atoms with Crippen LogP contribution in [0, 0.1) is 13.8 Å². The number of benzene rings is 1. The number of fused-ring (bicyclic) bond motifs is 1. The molecule has 2 aromatic rings. The Kier molecular flexibility index (Phi) is 3.10. The Bertz CT molecular complexity index is 661. The summed E-state index contributed by atoms with van der Waals surface area (Å²) in [4.78, 5) is 20.7. The maximum Gasteiger partial charge on any atom is 0.258 e. The molecular weight excluding hydrogens is 252 g/mol. The zero-order chi connectivity index (χ0) is 14.1. The van der Waals surface area contributed by atoms with Crippen molar-refractivity contribution in [3.05, 3.63) is 46.8 Å². The number of hydrogen-bond donors (Lipinski definition) is 2. The molecule has 1 amide bonds. The van der Waals surface area contributed by atoms with Crippen LogP contribution in [0.3, 0.4) is 0 Å².